The second kappa shape index (κ2) is 5.48. The maximum atomic E-state index is 3.76. The van der Waals surface area contributed by atoms with Crippen molar-refractivity contribution in [2.24, 2.45) is 17.8 Å². The molecule has 4 atom stereocenters. The van der Waals surface area contributed by atoms with Crippen LogP contribution in [0.3, 0.4) is 0 Å². The quantitative estimate of drug-likeness (QED) is 0.811. The van der Waals surface area contributed by atoms with Crippen LogP contribution in [0, 0.1) is 17.8 Å². The van der Waals surface area contributed by atoms with Gasteiger partial charge in [0, 0.05) is 32.2 Å². The topological polar surface area (TPSA) is 18.5 Å². The molecule has 3 rings (SSSR count). The number of nitrogens with zero attached hydrogens (tertiary/aromatic N) is 2. The largest absolute Gasteiger partial charge is 0.315 e. The molecule has 18 heavy (non-hydrogen) atoms. The molecule has 1 aliphatic heterocycles. The number of nitrogens with one attached hydrogen (secondary N) is 1. The molecule has 1 saturated heterocycles. The van der Waals surface area contributed by atoms with Gasteiger partial charge in [-0.15, -0.1) is 0 Å². The highest BCUT2D eigenvalue weighted by Gasteiger charge is 2.39. The van der Waals surface area contributed by atoms with E-state index in [9.17, 15) is 0 Å². The molecule has 1 N–H and O–H groups in total. The Morgan fingerprint density at radius 3 is 2.67 bits per heavy atom. The molecule has 3 aliphatic rings. The minimum atomic E-state index is 0.711. The zero-order valence-corrected chi connectivity index (χ0v) is 12.1. The maximum absolute atomic E-state index is 3.76. The summed E-state index contributed by atoms with van der Waals surface area (Å²) in [5, 5.41) is 3.76. The number of rotatable bonds is 4. The van der Waals surface area contributed by atoms with E-state index in [4.69, 9.17) is 0 Å². The van der Waals surface area contributed by atoms with Gasteiger partial charge in [-0.3, -0.25) is 4.90 Å². The van der Waals surface area contributed by atoms with Crippen molar-refractivity contribution >= 4 is 0 Å². The van der Waals surface area contributed by atoms with Crippen LogP contribution in [0.2, 0.25) is 0 Å². The smallest absolute Gasteiger partial charge is 0.0345 e. The van der Waals surface area contributed by atoms with E-state index in [2.05, 4.69) is 29.2 Å². The van der Waals surface area contributed by atoms with Crippen LogP contribution in [0.15, 0.2) is 0 Å². The lowest BCUT2D eigenvalue weighted by molar-refractivity contribution is 0.112. The van der Waals surface area contributed by atoms with Crippen LogP contribution in [-0.2, 0) is 0 Å². The average Bonchev–Trinajstić information content (AvgIpc) is 2.96. The second-order valence-corrected chi connectivity index (χ2v) is 6.99. The Morgan fingerprint density at radius 1 is 1.06 bits per heavy atom. The average molecular weight is 251 g/mol. The minimum absolute atomic E-state index is 0.711. The zero-order chi connectivity index (χ0) is 12.5. The van der Waals surface area contributed by atoms with E-state index in [1.807, 2.05) is 0 Å². The molecule has 1 heterocycles. The van der Waals surface area contributed by atoms with E-state index >= 15 is 0 Å². The summed E-state index contributed by atoms with van der Waals surface area (Å²) in [6.45, 7) is 6.11. The molecule has 0 aromatic heterocycles. The summed E-state index contributed by atoms with van der Waals surface area (Å²) in [6, 6.07) is 0.711. The molecule has 104 valence electrons. The van der Waals surface area contributed by atoms with Crippen molar-refractivity contribution in [3.8, 4) is 0 Å². The Morgan fingerprint density at radius 2 is 1.94 bits per heavy atom. The first-order chi connectivity index (χ1) is 8.72. The number of piperazine rings is 1. The minimum Gasteiger partial charge on any atom is -0.315 e. The van der Waals surface area contributed by atoms with Gasteiger partial charge in [0.15, 0.2) is 0 Å². The van der Waals surface area contributed by atoms with Gasteiger partial charge in [0.25, 0.3) is 0 Å². The maximum Gasteiger partial charge on any atom is 0.0345 e. The predicted octanol–water partition coefficient (Wildman–Crippen LogP) is 1.26. The van der Waals surface area contributed by atoms with Gasteiger partial charge in [-0.2, -0.15) is 0 Å². The van der Waals surface area contributed by atoms with Crippen molar-refractivity contribution in [1.82, 2.24) is 15.1 Å². The first-order valence-electron chi connectivity index (χ1n) is 7.82. The van der Waals surface area contributed by atoms with E-state index in [1.54, 1.807) is 6.42 Å². The van der Waals surface area contributed by atoms with Crippen molar-refractivity contribution in [2.75, 3.05) is 46.8 Å². The van der Waals surface area contributed by atoms with Crippen LogP contribution in [-0.4, -0.2) is 62.7 Å². The van der Waals surface area contributed by atoms with Crippen molar-refractivity contribution < 1.29 is 0 Å². The van der Waals surface area contributed by atoms with E-state index in [-0.39, 0.29) is 0 Å². The number of hydrogen-bond acceptors (Lipinski definition) is 3. The van der Waals surface area contributed by atoms with Crippen LogP contribution < -0.4 is 5.32 Å². The summed E-state index contributed by atoms with van der Waals surface area (Å²) in [5.74, 6) is 3.15. The van der Waals surface area contributed by atoms with Gasteiger partial charge in [0.2, 0.25) is 0 Å². The fourth-order valence-electron chi connectivity index (χ4n) is 4.38. The van der Waals surface area contributed by atoms with Crippen LogP contribution in [0.1, 0.15) is 25.7 Å². The number of fused-ring (bicyclic) bond motifs is 2. The highest BCUT2D eigenvalue weighted by molar-refractivity contribution is 4.91. The molecular formula is C15H29N3. The van der Waals surface area contributed by atoms with E-state index in [0.29, 0.717) is 6.04 Å². The standard InChI is InChI=1S/C15H29N3/c1-17-5-6-18(2)15(11-17)10-16-9-14-8-12-3-4-13(14)7-12/h12-16H,3-11H2,1-2H3. The fourth-order valence-corrected chi connectivity index (χ4v) is 4.38. The van der Waals surface area contributed by atoms with Crippen molar-refractivity contribution in [3.05, 3.63) is 0 Å². The molecule has 3 nitrogen and oxygen atoms in total. The SMILES string of the molecule is CN1CCN(C)C(CNCC2CC3CCC2C3)C1. The summed E-state index contributed by atoms with van der Waals surface area (Å²) in [5.41, 5.74) is 0. The highest BCUT2D eigenvalue weighted by atomic mass is 15.3. The lowest BCUT2D eigenvalue weighted by Crippen LogP contribution is -2.54. The van der Waals surface area contributed by atoms with Gasteiger partial charge in [0.05, 0.1) is 0 Å². The second-order valence-electron chi connectivity index (χ2n) is 6.99. The summed E-state index contributed by atoms with van der Waals surface area (Å²) >= 11 is 0. The van der Waals surface area contributed by atoms with Crippen LogP contribution in [0.25, 0.3) is 0 Å². The van der Waals surface area contributed by atoms with Crippen LogP contribution in [0.5, 0.6) is 0 Å². The molecular weight excluding hydrogens is 222 g/mol. The molecule has 2 bridgehead atoms. The summed E-state index contributed by atoms with van der Waals surface area (Å²) in [6.07, 6.45) is 6.09. The molecule has 2 saturated carbocycles. The molecule has 3 heteroatoms. The van der Waals surface area contributed by atoms with Crippen LogP contribution in [0.4, 0.5) is 0 Å². The normalized spacial score (nSPS) is 41.7. The van der Waals surface area contributed by atoms with Gasteiger partial charge in [-0.25, -0.2) is 0 Å². The molecule has 0 amide bonds. The van der Waals surface area contributed by atoms with Gasteiger partial charge in [-0.05, 0) is 57.7 Å². The summed E-state index contributed by atoms with van der Waals surface area (Å²) in [4.78, 5) is 4.98. The summed E-state index contributed by atoms with van der Waals surface area (Å²) in [7, 11) is 4.52. The van der Waals surface area contributed by atoms with Gasteiger partial charge < -0.3 is 10.2 Å². The predicted molar refractivity (Wildman–Crippen MR) is 75.7 cm³/mol. The molecule has 2 aliphatic carbocycles. The zero-order valence-electron chi connectivity index (χ0n) is 12.1. The molecule has 3 fully saturated rings. The van der Waals surface area contributed by atoms with Gasteiger partial charge >= 0.3 is 0 Å². The van der Waals surface area contributed by atoms with E-state index in [1.165, 1.54) is 52.0 Å². The van der Waals surface area contributed by atoms with E-state index < -0.39 is 0 Å². The number of likely N-dealkylation sites (N-methyl/N-ethyl adjacent to an activating group) is 2. The van der Waals surface area contributed by atoms with Crippen molar-refractivity contribution in [2.45, 2.75) is 31.7 Å². The Bertz CT molecular complexity index is 281. The molecule has 0 aromatic rings. The van der Waals surface area contributed by atoms with Crippen molar-refractivity contribution in [1.29, 1.82) is 0 Å². The first kappa shape index (κ1) is 12.9. The van der Waals surface area contributed by atoms with E-state index in [0.717, 1.165) is 17.8 Å². The molecule has 0 aromatic carbocycles. The first-order valence-corrected chi connectivity index (χ1v) is 7.82. The number of hydrogen-bond donors (Lipinski definition) is 1. The third-order valence-corrected chi connectivity index (χ3v) is 5.65. The lowest BCUT2D eigenvalue weighted by atomic mass is 9.89. The van der Waals surface area contributed by atoms with Crippen LogP contribution >= 0.6 is 0 Å². The Labute approximate surface area is 112 Å². The summed E-state index contributed by atoms with van der Waals surface area (Å²) < 4.78 is 0. The Balaban J connectivity index is 1.39. The van der Waals surface area contributed by atoms with Gasteiger partial charge in [0.1, 0.15) is 0 Å². The van der Waals surface area contributed by atoms with Gasteiger partial charge in [-0.1, -0.05) is 6.42 Å². The third-order valence-electron chi connectivity index (χ3n) is 5.65. The lowest BCUT2D eigenvalue weighted by Gasteiger charge is -2.38. The monoisotopic (exact) mass is 251 g/mol. The highest BCUT2D eigenvalue weighted by Crippen LogP contribution is 2.47. The molecule has 0 radical (unpaired) electrons. The molecule has 4 unspecified atom stereocenters. The Hall–Kier alpha value is -0.120. The molecule has 0 spiro atoms. The third kappa shape index (κ3) is 2.73. The van der Waals surface area contributed by atoms with Crippen molar-refractivity contribution in [3.63, 3.8) is 0 Å². The fraction of sp³-hybridized carbons (Fsp3) is 1.00. The Kier molecular flexibility index (Phi) is 3.92.